The van der Waals surface area contributed by atoms with Gasteiger partial charge >= 0.3 is 12.1 Å². The van der Waals surface area contributed by atoms with Crippen molar-refractivity contribution in [2.75, 3.05) is 6.61 Å². The molecule has 1 atom stereocenters. The molecule has 0 saturated carbocycles. The molecule has 4 rings (SSSR count). The smallest absolute Gasteiger partial charge is 0.410 e. The number of ether oxygens (including phenoxy) is 2. The lowest BCUT2D eigenvalue weighted by molar-refractivity contribution is -0.146. The van der Waals surface area contributed by atoms with E-state index in [1.807, 2.05) is 48.5 Å². The molecule has 1 amide bonds. The summed E-state index contributed by atoms with van der Waals surface area (Å²) in [5.74, 6) is -1.21. The Labute approximate surface area is 178 Å². The van der Waals surface area contributed by atoms with Crippen molar-refractivity contribution >= 4 is 23.7 Å². The van der Waals surface area contributed by atoms with Crippen molar-refractivity contribution in [2.45, 2.75) is 12.1 Å². The van der Waals surface area contributed by atoms with E-state index in [9.17, 15) is 14.7 Å². The molecule has 0 aliphatic heterocycles. The molecule has 6 nitrogen and oxygen atoms in total. The number of rotatable bonds is 6. The minimum atomic E-state index is -1.60. The highest BCUT2D eigenvalue weighted by atomic mass is 35.5. The SMILES string of the molecule is O=C(N[C@@H](Oc1ccc(Cl)cc1)C(=O)O)OCC1c2ccccc2-c2ccccc21. The van der Waals surface area contributed by atoms with Crippen LogP contribution in [-0.2, 0) is 9.53 Å². The van der Waals surface area contributed by atoms with E-state index < -0.39 is 18.3 Å². The minimum Gasteiger partial charge on any atom is -0.477 e. The third-order valence-corrected chi connectivity index (χ3v) is 5.14. The van der Waals surface area contributed by atoms with Gasteiger partial charge < -0.3 is 14.6 Å². The van der Waals surface area contributed by atoms with Gasteiger partial charge in [0.2, 0.25) is 0 Å². The molecule has 152 valence electrons. The lowest BCUT2D eigenvalue weighted by Crippen LogP contribution is -2.45. The first kappa shape index (κ1) is 19.8. The molecule has 7 heteroatoms. The van der Waals surface area contributed by atoms with E-state index in [-0.39, 0.29) is 18.3 Å². The number of nitrogens with one attached hydrogen (secondary N) is 1. The van der Waals surface area contributed by atoms with Gasteiger partial charge in [0.15, 0.2) is 0 Å². The van der Waals surface area contributed by atoms with E-state index in [0.717, 1.165) is 22.3 Å². The summed E-state index contributed by atoms with van der Waals surface area (Å²) in [5.41, 5.74) is 4.35. The first-order valence-corrected chi connectivity index (χ1v) is 9.67. The molecule has 30 heavy (non-hydrogen) atoms. The van der Waals surface area contributed by atoms with Gasteiger partial charge in [-0.25, -0.2) is 9.59 Å². The molecular weight excluding hydrogens is 406 g/mol. The summed E-state index contributed by atoms with van der Waals surface area (Å²) in [6, 6.07) is 22.0. The van der Waals surface area contributed by atoms with Crippen molar-refractivity contribution in [1.82, 2.24) is 5.32 Å². The van der Waals surface area contributed by atoms with Crippen molar-refractivity contribution in [3.8, 4) is 16.9 Å². The molecule has 3 aromatic rings. The lowest BCUT2D eigenvalue weighted by Gasteiger charge is -2.18. The monoisotopic (exact) mass is 423 g/mol. The summed E-state index contributed by atoms with van der Waals surface area (Å²) >= 11 is 5.81. The molecule has 3 aromatic carbocycles. The van der Waals surface area contributed by atoms with Gasteiger partial charge in [-0.15, -0.1) is 0 Å². The Morgan fingerprint density at radius 1 is 0.933 bits per heavy atom. The van der Waals surface area contributed by atoms with Crippen LogP contribution in [-0.4, -0.2) is 30.0 Å². The second-order valence-electron chi connectivity index (χ2n) is 6.76. The fraction of sp³-hybridized carbons (Fsp3) is 0.130. The quantitative estimate of drug-likeness (QED) is 0.563. The van der Waals surface area contributed by atoms with Crippen molar-refractivity contribution in [3.63, 3.8) is 0 Å². The summed E-state index contributed by atoms with van der Waals surface area (Å²) in [4.78, 5) is 23.8. The molecule has 0 radical (unpaired) electrons. The van der Waals surface area contributed by atoms with Crippen LogP contribution >= 0.6 is 11.6 Å². The highest BCUT2D eigenvalue weighted by molar-refractivity contribution is 6.30. The van der Waals surface area contributed by atoms with E-state index in [0.29, 0.717) is 5.02 Å². The number of aliphatic carboxylic acids is 1. The van der Waals surface area contributed by atoms with E-state index in [1.165, 1.54) is 12.1 Å². The number of hydrogen-bond donors (Lipinski definition) is 2. The summed E-state index contributed by atoms with van der Waals surface area (Å²) in [7, 11) is 0. The maximum absolute atomic E-state index is 12.3. The van der Waals surface area contributed by atoms with E-state index in [2.05, 4.69) is 5.32 Å². The van der Waals surface area contributed by atoms with Crippen LogP contribution in [0.5, 0.6) is 5.75 Å². The first-order valence-electron chi connectivity index (χ1n) is 9.29. The lowest BCUT2D eigenvalue weighted by atomic mass is 9.98. The average Bonchev–Trinajstić information content (AvgIpc) is 3.07. The van der Waals surface area contributed by atoms with Crippen LogP contribution in [0.15, 0.2) is 72.8 Å². The predicted molar refractivity (Wildman–Crippen MR) is 112 cm³/mol. The van der Waals surface area contributed by atoms with Crippen molar-refractivity contribution in [3.05, 3.63) is 88.9 Å². The number of benzene rings is 3. The Morgan fingerprint density at radius 3 is 2.07 bits per heavy atom. The van der Waals surface area contributed by atoms with E-state index in [4.69, 9.17) is 21.1 Å². The number of fused-ring (bicyclic) bond motifs is 3. The third-order valence-electron chi connectivity index (χ3n) is 4.88. The zero-order chi connectivity index (χ0) is 21.1. The Bertz CT molecular complexity index is 1040. The molecule has 2 N–H and O–H groups in total. The van der Waals surface area contributed by atoms with Crippen LogP contribution < -0.4 is 10.1 Å². The van der Waals surface area contributed by atoms with Crippen LogP contribution in [0.2, 0.25) is 5.02 Å². The molecule has 1 aliphatic rings. The van der Waals surface area contributed by atoms with Crippen LogP contribution in [0.4, 0.5) is 4.79 Å². The maximum Gasteiger partial charge on any atom is 0.410 e. The number of amides is 1. The normalized spacial score (nSPS) is 13.1. The Kier molecular flexibility index (Phi) is 5.59. The largest absolute Gasteiger partial charge is 0.477 e. The first-order chi connectivity index (χ1) is 14.5. The molecule has 1 aliphatic carbocycles. The fourth-order valence-corrected chi connectivity index (χ4v) is 3.66. The van der Waals surface area contributed by atoms with Gasteiger partial charge in [0.1, 0.15) is 12.4 Å². The Morgan fingerprint density at radius 2 is 1.50 bits per heavy atom. The Hall–Kier alpha value is -3.51. The summed E-state index contributed by atoms with van der Waals surface area (Å²) in [6.45, 7) is 0.0765. The zero-order valence-corrected chi connectivity index (χ0v) is 16.5. The standard InChI is InChI=1S/C23H18ClNO5/c24-14-9-11-15(12-10-14)30-21(22(26)27)25-23(28)29-13-20-18-7-3-1-5-16(18)17-6-2-4-8-19(17)20/h1-12,20-21H,13H2,(H,25,28)(H,26,27)/t21-/m0/s1. The zero-order valence-electron chi connectivity index (χ0n) is 15.7. The third kappa shape index (κ3) is 4.09. The number of carbonyl (C=O) groups is 2. The molecule has 0 spiro atoms. The summed E-state index contributed by atoms with van der Waals surface area (Å²) in [5, 5.41) is 12.1. The van der Waals surface area contributed by atoms with Crippen molar-refractivity contribution in [1.29, 1.82) is 0 Å². The number of carboxylic acid groups (broad SMARTS) is 1. The van der Waals surface area contributed by atoms with Crippen LogP contribution in [0.25, 0.3) is 11.1 Å². The molecule has 0 fully saturated rings. The number of carbonyl (C=O) groups excluding carboxylic acids is 1. The van der Waals surface area contributed by atoms with Crippen molar-refractivity contribution < 1.29 is 24.2 Å². The molecule has 0 heterocycles. The van der Waals surface area contributed by atoms with Gasteiger partial charge in [-0.05, 0) is 46.5 Å². The molecular formula is C23H18ClNO5. The highest BCUT2D eigenvalue weighted by Gasteiger charge is 2.30. The molecule has 0 aromatic heterocycles. The van der Waals surface area contributed by atoms with Crippen LogP contribution in [0.3, 0.4) is 0 Å². The summed E-state index contributed by atoms with van der Waals surface area (Å²) in [6.07, 6.45) is -2.47. The number of halogens is 1. The maximum atomic E-state index is 12.3. The number of carboxylic acids is 1. The van der Waals surface area contributed by atoms with Gasteiger partial charge in [-0.3, -0.25) is 5.32 Å². The van der Waals surface area contributed by atoms with E-state index >= 15 is 0 Å². The molecule has 0 unspecified atom stereocenters. The second kappa shape index (κ2) is 8.47. The van der Waals surface area contributed by atoms with Gasteiger partial charge in [-0.1, -0.05) is 60.1 Å². The predicted octanol–water partition coefficient (Wildman–Crippen LogP) is 4.67. The second-order valence-corrected chi connectivity index (χ2v) is 7.20. The van der Waals surface area contributed by atoms with Gasteiger partial charge in [0.25, 0.3) is 6.23 Å². The van der Waals surface area contributed by atoms with Crippen molar-refractivity contribution in [2.24, 2.45) is 0 Å². The van der Waals surface area contributed by atoms with Gasteiger partial charge in [-0.2, -0.15) is 0 Å². The topological polar surface area (TPSA) is 84.9 Å². The van der Waals surface area contributed by atoms with Crippen LogP contribution in [0, 0.1) is 0 Å². The number of hydrogen-bond acceptors (Lipinski definition) is 4. The molecule has 0 bridgehead atoms. The fourth-order valence-electron chi connectivity index (χ4n) is 3.54. The van der Waals surface area contributed by atoms with Gasteiger partial charge in [0, 0.05) is 10.9 Å². The molecule has 0 saturated heterocycles. The summed E-state index contributed by atoms with van der Waals surface area (Å²) < 4.78 is 10.7. The minimum absolute atomic E-state index is 0.0765. The highest BCUT2D eigenvalue weighted by Crippen LogP contribution is 2.44. The van der Waals surface area contributed by atoms with Crippen LogP contribution in [0.1, 0.15) is 17.0 Å². The average molecular weight is 424 g/mol. The Balaban J connectivity index is 1.43. The van der Waals surface area contributed by atoms with E-state index in [1.54, 1.807) is 12.1 Å². The number of alkyl carbamates (subject to hydrolysis) is 1. The van der Waals surface area contributed by atoms with Gasteiger partial charge in [0.05, 0.1) is 0 Å².